The van der Waals surface area contributed by atoms with Gasteiger partial charge in [-0.05, 0) is 18.9 Å². The van der Waals surface area contributed by atoms with Crippen LogP contribution in [0.3, 0.4) is 0 Å². The lowest BCUT2D eigenvalue weighted by atomic mass is 9.80. The molecule has 1 fully saturated rings. The second kappa shape index (κ2) is 8.08. The van der Waals surface area contributed by atoms with Gasteiger partial charge in [-0.15, -0.1) is 0 Å². The van der Waals surface area contributed by atoms with Gasteiger partial charge >= 0.3 is 5.97 Å². The lowest BCUT2D eigenvalue weighted by Gasteiger charge is -2.34. The highest BCUT2D eigenvalue weighted by atomic mass is 16.5. The Morgan fingerprint density at radius 3 is 2.50 bits per heavy atom. The molecule has 1 aromatic rings. The molecule has 6 nitrogen and oxygen atoms in total. The number of rotatable bonds is 6. The van der Waals surface area contributed by atoms with E-state index in [0.29, 0.717) is 26.3 Å². The molecule has 1 aliphatic heterocycles. The highest BCUT2D eigenvalue weighted by Gasteiger charge is 2.45. The Hall–Kier alpha value is -2.18. The quantitative estimate of drug-likeness (QED) is 0.822. The van der Waals surface area contributed by atoms with Gasteiger partial charge in [-0.25, -0.2) is 0 Å². The summed E-state index contributed by atoms with van der Waals surface area (Å²) in [4.78, 5) is 25.6. The number of carbonyl (C=O) groups is 2. The fourth-order valence-electron chi connectivity index (χ4n) is 2.55. The van der Waals surface area contributed by atoms with Crippen LogP contribution in [0.2, 0.25) is 0 Å². The highest BCUT2D eigenvalue weighted by Crippen LogP contribution is 2.29. The van der Waals surface area contributed by atoms with Gasteiger partial charge in [-0.2, -0.15) is 0 Å². The Bertz CT molecular complexity index is 595. The first kappa shape index (κ1) is 18.2. The summed E-state index contributed by atoms with van der Waals surface area (Å²) in [5, 5.41) is 20.0. The highest BCUT2D eigenvalue weighted by molar-refractivity contribution is 5.89. The van der Waals surface area contributed by atoms with Crippen LogP contribution in [-0.4, -0.2) is 59.4 Å². The van der Waals surface area contributed by atoms with Crippen LogP contribution < -0.4 is 0 Å². The van der Waals surface area contributed by atoms with E-state index in [9.17, 15) is 19.8 Å². The first-order valence-corrected chi connectivity index (χ1v) is 7.95. The predicted molar refractivity (Wildman–Crippen MR) is 89.2 cm³/mol. The molecule has 6 heteroatoms. The molecule has 0 unspecified atom stereocenters. The summed E-state index contributed by atoms with van der Waals surface area (Å²) in [6, 6.07) is 9.44. The number of hydrogen-bond acceptors (Lipinski definition) is 4. The van der Waals surface area contributed by atoms with Crippen molar-refractivity contribution in [2.24, 2.45) is 5.41 Å². The molecule has 0 aromatic heterocycles. The van der Waals surface area contributed by atoms with Crippen molar-refractivity contribution >= 4 is 18.0 Å². The lowest BCUT2D eigenvalue weighted by molar-refractivity contribution is -0.166. The van der Waals surface area contributed by atoms with Crippen molar-refractivity contribution in [2.45, 2.75) is 19.4 Å². The molecule has 1 heterocycles. The fraction of sp³-hybridized carbons (Fsp3) is 0.444. The van der Waals surface area contributed by atoms with Gasteiger partial charge in [0.15, 0.2) is 0 Å². The normalized spacial score (nSPS) is 19.0. The summed E-state index contributed by atoms with van der Waals surface area (Å²) in [5.41, 5.74) is -0.653. The SMILES string of the molecule is C[C@](C/C=C/c1ccccc1)(C(=O)O)[C@H](O)C(=O)N1CCOCC1. The number of nitrogens with zero attached hydrogens (tertiary/aromatic N) is 1. The van der Waals surface area contributed by atoms with Crippen molar-refractivity contribution in [3.8, 4) is 0 Å². The summed E-state index contributed by atoms with van der Waals surface area (Å²) in [7, 11) is 0. The number of aliphatic carboxylic acids is 1. The minimum atomic E-state index is -1.60. The van der Waals surface area contributed by atoms with Crippen molar-refractivity contribution in [3.05, 3.63) is 42.0 Å². The van der Waals surface area contributed by atoms with E-state index in [4.69, 9.17) is 4.74 Å². The van der Waals surface area contributed by atoms with Gasteiger partial charge in [0.2, 0.25) is 0 Å². The fourth-order valence-corrected chi connectivity index (χ4v) is 2.55. The molecule has 0 radical (unpaired) electrons. The Labute approximate surface area is 141 Å². The van der Waals surface area contributed by atoms with Crippen molar-refractivity contribution < 1.29 is 24.5 Å². The van der Waals surface area contributed by atoms with Crippen molar-refractivity contribution in [1.29, 1.82) is 0 Å². The van der Waals surface area contributed by atoms with E-state index < -0.39 is 23.4 Å². The number of aliphatic hydroxyl groups is 1. The van der Waals surface area contributed by atoms with E-state index in [1.807, 2.05) is 30.3 Å². The number of ether oxygens (including phenoxy) is 1. The molecule has 1 saturated heterocycles. The molecular weight excluding hydrogens is 310 g/mol. The number of carboxylic acid groups (broad SMARTS) is 1. The minimum absolute atomic E-state index is 0.0501. The number of carboxylic acids is 1. The van der Waals surface area contributed by atoms with Gasteiger partial charge in [-0.1, -0.05) is 42.5 Å². The second-order valence-corrected chi connectivity index (χ2v) is 6.08. The Morgan fingerprint density at radius 2 is 1.92 bits per heavy atom. The first-order chi connectivity index (χ1) is 11.4. The van der Waals surface area contributed by atoms with E-state index >= 15 is 0 Å². The molecule has 2 atom stereocenters. The van der Waals surface area contributed by atoms with Crippen LogP contribution >= 0.6 is 0 Å². The maximum absolute atomic E-state index is 12.4. The molecular formula is C18H23NO5. The van der Waals surface area contributed by atoms with Gasteiger partial charge in [0.05, 0.1) is 13.2 Å². The molecule has 1 amide bonds. The monoisotopic (exact) mass is 333 g/mol. The van der Waals surface area contributed by atoms with Crippen LogP contribution in [0.15, 0.2) is 36.4 Å². The Kier molecular flexibility index (Phi) is 6.11. The van der Waals surface area contributed by atoms with E-state index in [2.05, 4.69) is 0 Å². The molecule has 130 valence electrons. The molecule has 0 bridgehead atoms. The number of carbonyl (C=O) groups excluding carboxylic acids is 1. The smallest absolute Gasteiger partial charge is 0.312 e. The zero-order valence-corrected chi connectivity index (χ0v) is 13.7. The summed E-state index contributed by atoms with van der Waals surface area (Å²) >= 11 is 0. The number of allylic oxidation sites excluding steroid dienone is 1. The molecule has 24 heavy (non-hydrogen) atoms. The largest absolute Gasteiger partial charge is 0.481 e. The van der Waals surface area contributed by atoms with Crippen LogP contribution in [0.5, 0.6) is 0 Å². The van der Waals surface area contributed by atoms with E-state index in [1.54, 1.807) is 12.2 Å². The topological polar surface area (TPSA) is 87.1 Å². The van der Waals surface area contributed by atoms with Crippen molar-refractivity contribution in [1.82, 2.24) is 4.90 Å². The van der Waals surface area contributed by atoms with Gasteiger partial charge in [0.25, 0.3) is 5.91 Å². The molecule has 1 aromatic carbocycles. The third-order valence-corrected chi connectivity index (χ3v) is 4.30. The molecule has 0 saturated carbocycles. The summed E-state index contributed by atoms with van der Waals surface area (Å²) < 4.78 is 5.17. The van der Waals surface area contributed by atoms with Crippen molar-refractivity contribution in [2.75, 3.05) is 26.3 Å². The average molecular weight is 333 g/mol. The van der Waals surface area contributed by atoms with E-state index in [1.165, 1.54) is 11.8 Å². The number of aliphatic hydroxyl groups excluding tert-OH is 1. The molecule has 0 aliphatic carbocycles. The first-order valence-electron chi connectivity index (χ1n) is 7.95. The average Bonchev–Trinajstić information content (AvgIpc) is 2.61. The third kappa shape index (κ3) is 4.21. The predicted octanol–water partition coefficient (Wildman–Crippen LogP) is 1.40. The van der Waals surface area contributed by atoms with Crippen LogP contribution in [-0.2, 0) is 14.3 Å². The van der Waals surface area contributed by atoms with Gasteiger partial charge in [-0.3, -0.25) is 9.59 Å². The number of hydrogen-bond donors (Lipinski definition) is 2. The Morgan fingerprint density at radius 1 is 1.29 bits per heavy atom. The van der Waals surface area contributed by atoms with Crippen molar-refractivity contribution in [3.63, 3.8) is 0 Å². The molecule has 1 aliphatic rings. The number of morpholine rings is 1. The maximum atomic E-state index is 12.4. The minimum Gasteiger partial charge on any atom is -0.481 e. The summed E-state index contributed by atoms with van der Waals surface area (Å²) in [6.45, 7) is 2.93. The molecule has 2 rings (SSSR count). The van der Waals surface area contributed by atoms with Crippen LogP contribution in [0, 0.1) is 5.41 Å². The number of benzene rings is 1. The second-order valence-electron chi connectivity index (χ2n) is 6.08. The van der Waals surface area contributed by atoms with Crippen LogP contribution in [0.25, 0.3) is 6.08 Å². The van der Waals surface area contributed by atoms with E-state index in [-0.39, 0.29) is 6.42 Å². The lowest BCUT2D eigenvalue weighted by Crippen LogP contribution is -2.53. The van der Waals surface area contributed by atoms with E-state index in [0.717, 1.165) is 5.56 Å². The zero-order valence-electron chi connectivity index (χ0n) is 13.7. The Balaban J connectivity index is 2.09. The molecule has 0 spiro atoms. The summed E-state index contributed by atoms with van der Waals surface area (Å²) in [6.07, 6.45) is 1.91. The van der Waals surface area contributed by atoms with Gasteiger partial charge < -0.3 is 19.8 Å². The zero-order chi connectivity index (χ0) is 17.6. The van der Waals surface area contributed by atoms with Crippen LogP contribution in [0.1, 0.15) is 18.9 Å². The standard InChI is InChI=1S/C18H23NO5/c1-18(17(22)23,9-5-8-14-6-3-2-4-7-14)15(20)16(21)19-10-12-24-13-11-19/h2-8,15,20H,9-13H2,1H3,(H,22,23)/b8-5+/t15-,18-/m1/s1. The maximum Gasteiger partial charge on any atom is 0.312 e. The van der Waals surface area contributed by atoms with Gasteiger partial charge in [0.1, 0.15) is 11.5 Å². The summed E-state index contributed by atoms with van der Waals surface area (Å²) in [5.74, 6) is -1.76. The van der Waals surface area contributed by atoms with Crippen LogP contribution in [0.4, 0.5) is 0 Å². The molecule has 2 N–H and O–H groups in total. The third-order valence-electron chi connectivity index (χ3n) is 4.30. The van der Waals surface area contributed by atoms with Gasteiger partial charge in [0, 0.05) is 13.1 Å². The number of amides is 1.